The summed E-state index contributed by atoms with van der Waals surface area (Å²) < 4.78 is 66.1. The van der Waals surface area contributed by atoms with Gasteiger partial charge in [0.25, 0.3) is 0 Å². The molecule has 1 fully saturated rings. The highest BCUT2D eigenvalue weighted by Gasteiger charge is 2.31. The predicted molar refractivity (Wildman–Crippen MR) is 160 cm³/mol. The molecule has 1 unspecified atom stereocenters. The number of fused-ring (bicyclic) bond motifs is 1. The molecular weight excluding hydrogens is 609 g/mol. The van der Waals surface area contributed by atoms with Crippen LogP contribution in [0.5, 0.6) is 29.0 Å². The number of ether oxygens (including phenoxy) is 5. The summed E-state index contributed by atoms with van der Waals surface area (Å²) in [5, 5.41) is 11.0. The Balaban J connectivity index is 0.906. The summed E-state index contributed by atoms with van der Waals surface area (Å²) in [5.74, 6) is 1.57. The van der Waals surface area contributed by atoms with Crippen LogP contribution in [0, 0.1) is 10.1 Å². The van der Waals surface area contributed by atoms with Crippen LogP contribution >= 0.6 is 0 Å². The van der Waals surface area contributed by atoms with Crippen LogP contribution < -0.4 is 28.6 Å². The van der Waals surface area contributed by atoms with Gasteiger partial charge in [-0.3, -0.25) is 4.57 Å². The zero-order valence-corrected chi connectivity index (χ0v) is 24.6. The van der Waals surface area contributed by atoms with Crippen LogP contribution in [0.4, 0.5) is 24.7 Å². The highest BCUT2D eigenvalue weighted by atomic mass is 19.4. The topological polar surface area (TPSA) is 110 Å². The summed E-state index contributed by atoms with van der Waals surface area (Å²) in [7, 11) is 0. The number of imidazole rings is 1. The molecule has 14 heteroatoms. The van der Waals surface area contributed by atoms with Gasteiger partial charge in [-0.05, 0) is 71.2 Å². The summed E-state index contributed by atoms with van der Waals surface area (Å²) in [5.41, 5.74) is 1.81. The van der Waals surface area contributed by atoms with Gasteiger partial charge < -0.3 is 38.7 Å². The first-order valence-electron chi connectivity index (χ1n) is 14.8. The first-order chi connectivity index (χ1) is 22.2. The van der Waals surface area contributed by atoms with E-state index >= 15 is 0 Å². The van der Waals surface area contributed by atoms with Crippen molar-refractivity contribution in [3.63, 3.8) is 0 Å². The number of nitro groups is 1. The molecule has 0 bridgehead atoms. The van der Waals surface area contributed by atoms with Crippen molar-refractivity contribution in [1.82, 2.24) is 9.55 Å². The number of hydrogen-bond donors (Lipinski definition) is 0. The molecule has 11 nitrogen and oxygen atoms in total. The van der Waals surface area contributed by atoms with Gasteiger partial charge in [0.05, 0.1) is 0 Å². The molecule has 4 aromatic rings. The Hall–Kier alpha value is -5.14. The third kappa shape index (κ3) is 8.11. The summed E-state index contributed by atoms with van der Waals surface area (Å²) in [6.07, 6.45) is -1.12. The number of aromatic nitrogens is 2. The first kappa shape index (κ1) is 30.9. The Morgan fingerprint density at radius 3 is 2.15 bits per heavy atom. The van der Waals surface area contributed by atoms with E-state index in [4.69, 9.17) is 18.9 Å². The standard InChI is InChI=1S/C32H31F3N4O7/c33-32(34,35)46-28-5-1-22(2-6-28)20-42-25-9-11-26(12-10-25)44-27-13-16-37(17-14-27)23-3-7-24(8-4-23)43-21-29-15-18-38-19-30(39(40)41)36-31(38)45-29/h1-12,19,27,29H,13-18,20-21H2. The van der Waals surface area contributed by atoms with Crippen molar-refractivity contribution in [1.29, 1.82) is 0 Å². The Labute approximate surface area is 262 Å². The van der Waals surface area contributed by atoms with Gasteiger partial charge >= 0.3 is 18.2 Å². The zero-order chi connectivity index (χ0) is 32.1. The number of aryl methyl sites for hydroxylation is 1. The van der Waals surface area contributed by atoms with Crippen molar-refractivity contribution in [2.75, 3.05) is 24.6 Å². The summed E-state index contributed by atoms with van der Waals surface area (Å²) in [6, 6.07) is 21.0. The Kier molecular flexibility index (Phi) is 9.04. The molecule has 0 N–H and O–H groups in total. The largest absolute Gasteiger partial charge is 0.573 e. The van der Waals surface area contributed by atoms with Crippen molar-refractivity contribution < 1.29 is 41.8 Å². The van der Waals surface area contributed by atoms with Gasteiger partial charge in [0.2, 0.25) is 0 Å². The molecule has 3 aromatic carbocycles. The molecule has 0 aliphatic carbocycles. The third-order valence-corrected chi connectivity index (χ3v) is 7.65. The van der Waals surface area contributed by atoms with E-state index in [0.717, 1.165) is 37.4 Å². The van der Waals surface area contributed by atoms with E-state index in [1.165, 1.54) is 30.5 Å². The van der Waals surface area contributed by atoms with E-state index in [-0.39, 0.29) is 36.4 Å². The number of benzene rings is 3. The van der Waals surface area contributed by atoms with E-state index in [0.29, 0.717) is 36.6 Å². The molecule has 6 rings (SSSR count). The fourth-order valence-corrected chi connectivity index (χ4v) is 5.27. The van der Waals surface area contributed by atoms with Gasteiger partial charge in [0.15, 0.2) is 0 Å². The van der Waals surface area contributed by atoms with Crippen LogP contribution in [-0.2, 0) is 13.2 Å². The number of alkyl halides is 3. The molecule has 2 aliphatic rings. The van der Waals surface area contributed by atoms with Gasteiger partial charge in [-0.15, -0.1) is 13.2 Å². The number of rotatable bonds is 11. The fraction of sp³-hybridized carbons (Fsp3) is 0.344. The van der Waals surface area contributed by atoms with E-state index in [1.54, 1.807) is 16.7 Å². The number of hydrogen-bond acceptors (Lipinski definition) is 9. The summed E-state index contributed by atoms with van der Waals surface area (Å²) in [4.78, 5) is 16.6. The maximum atomic E-state index is 12.3. The molecule has 46 heavy (non-hydrogen) atoms. The number of anilines is 1. The van der Waals surface area contributed by atoms with Crippen LogP contribution in [-0.4, -0.2) is 52.7 Å². The Morgan fingerprint density at radius 1 is 0.848 bits per heavy atom. The van der Waals surface area contributed by atoms with Crippen molar-refractivity contribution in [3.05, 3.63) is 94.7 Å². The molecule has 0 spiro atoms. The Bertz CT molecular complexity index is 1600. The van der Waals surface area contributed by atoms with Crippen LogP contribution in [0.1, 0.15) is 24.8 Å². The molecule has 2 aliphatic heterocycles. The van der Waals surface area contributed by atoms with E-state index in [2.05, 4.69) is 14.6 Å². The van der Waals surface area contributed by atoms with Gasteiger partial charge in [-0.25, -0.2) is 0 Å². The summed E-state index contributed by atoms with van der Waals surface area (Å²) >= 11 is 0. The molecule has 0 saturated carbocycles. The maximum Gasteiger partial charge on any atom is 0.573 e. The van der Waals surface area contributed by atoms with Gasteiger partial charge in [0.1, 0.15) is 54.6 Å². The normalized spacial score (nSPS) is 16.7. The van der Waals surface area contributed by atoms with E-state index in [1.807, 2.05) is 36.4 Å². The van der Waals surface area contributed by atoms with Gasteiger partial charge in [-0.1, -0.05) is 12.1 Å². The van der Waals surface area contributed by atoms with Crippen LogP contribution in [0.25, 0.3) is 0 Å². The highest BCUT2D eigenvalue weighted by Crippen LogP contribution is 2.28. The zero-order valence-electron chi connectivity index (χ0n) is 24.6. The lowest BCUT2D eigenvalue weighted by Crippen LogP contribution is -2.38. The smallest absolute Gasteiger partial charge is 0.490 e. The van der Waals surface area contributed by atoms with Crippen LogP contribution in [0.15, 0.2) is 79.0 Å². The minimum Gasteiger partial charge on any atom is -0.490 e. The SMILES string of the molecule is O=[N+]([O-])c1cn2c(n1)OC(COc1ccc(N3CCC(Oc4ccc(OCc5ccc(OC(F)(F)F)cc5)cc4)CC3)cc1)CC2. The molecule has 1 aromatic heterocycles. The van der Waals surface area contributed by atoms with Crippen LogP contribution in [0.3, 0.4) is 0 Å². The van der Waals surface area contributed by atoms with Crippen LogP contribution in [0.2, 0.25) is 0 Å². The lowest BCUT2D eigenvalue weighted by atomic mass is 10.1. The van der Waals surface area contributed by atoms with Crippen molar-refractivity contribution in [3.8, 4) is 29.0 Å². The number of halogens is 3. The minimum absolute atomic E-state index is 0.0792. The second-order valence-corrected chi connectivity index (χ2v) is 10.9. The minimum atomic E-state index is -4.72. The monoisotopic (exact) mass is 640 g/mol. The molecule has 242 valence electrons. The molecule has 0 amide bonds. The molecular formula is C32H31F3N4O7. The molecule has 0 radical (unpaired) electrons. The van der Waals surface area contributed by atoms with Crippen molar-refractivity contribution >= 4 is 11.5 Å². The molecule has 1 atom stereocenters. The predicted octanol–water partition coefficient (Wildman–Crippen LogP) is 6.55. The number of nitrogens with zero attached hydrogens (tertiary/aromatic N) is 4. The molecule has 1 saturated heterocycles. The quantitative estimate of drug-likeness (QED) is 0.133. The van der Waals surface area contributed by atoms with Gasteiger partial charge in [0, 0.05) is 49.6 Å². The fourth-order valence-electron chi connectivity index (χ4n) is 5.27. The Morgan fingerprint density at radius 2 is 1.48 bits per heavy atom. The first-order valence-corrected chi connectivity index (χ1v) is 14.8. The van der Waals surface area contributed by atoms with E-state index < -0.39 is 11.3 Å². The summed E-state index contributed by atoms with van der Waals surface area (Å²) in [6.45, 7) is 2.78. The lowest BCUT2D eigenvalue weighted by molar-refractivity contribution is -0.389. The average molecular weight is 641 g/mol. The van der Waals surface area contributed by atoms with E-state index in [9.17, 15) is 23.3 Å². The van der Waals surface area contributed by atoms with Crippen molar-refractivity contribution in [2.45, 2.75) is 51.0 Å². The third-order valence-electron chi connectivity index (χ3n) is 7.65. The van der Waals surface area contributed by atoms with Crippen molar-refractivity contribution in [2.24, 2.45) is 0 Å². The maximum absolute atomic E-state index is 12.3. The molecule has 3 heterocycles. The average Bonchev–Trinajstić information content (AvgIpc) is 3.48. The number of piperidine rings is 1. The highest BCUT2D eigenvalue weighted by molar-refractivity contribution is 5.49. The second kappa shape index (κ2) is 13.5. The van der Waals surface area contributed by atoms with Gasteiger partial charge in [-0.2, -0.15) is 0 Å². The second-order valence-electron chi connectivity index (χ2n) is 10.9. The lowest BCUT2D eigenvalue weighted by Gasteiger charge is -2.33.